The summed E-state index contributed by atoms with van der Waals surface area (Å²) in [6.07, 6.45) is 2.53. The van der Waals surface area contributed by atoms with Crippen LogP contribution in [0.4, 0.5) is 0 Å². The Morgan fingerprint density at radius 2 is 1.80 bits per heavy atom. The van der Waals surface area contributed by atoms with Crippen molar-refractivity contribution in [2.45, 2.75) is 25.5 Å². The molecule has 1 N–H and O–H groups in total. The molecule has 2 aromatic carbocycles. The average Bonchev–Trinajstić information content (AvgIpc) is 3.46. The highest BCUT2D eigenvalue weighted by molar-refractivity contribution is 5.95. The molecule has 0 saturated heterocycles. The van der Waals surface area contributed by atoms with Gasteiger partial charge in [-0.05, 0) is 51.1 Å². The number of amides is 1. The third-order valence-corrected chi connectivity index (χ3v) is 4.70. The second-order valence-electron chi connectivity index (χ2n) is 6.84. The number of hydrogen-bond donors (Lipinski definition) is 1. The second kappa shape index (κ2) is 8.17. The number of ether oxygens (including phenoxy) is 1. The number of likely N-dealkylation sites (N-methyl/N-ethyl adjacent to an activating group) is 1. The zero-order valence-corrected chi connectivity index (χ0v) is 14.9. The molecule has 0 radical (unpaired) electrons. The first-order valence-corrected chi connectivity index (χ1v) is 8.85. The molecule has 132 valence electrons. The molecule has 1 aliphatic rings. The maximum absolute atomic E-state index is 12.7. The van der Waals surface area contributed by atoms with E-state index in [1.54, 1.807) is 0 Å². The van der Waals surface area contributed by atoms with E-state index in [4.69, 9.17) is 4.74 Å². The highest BCUT2D eigenvalue weighted by Crippen LogP contribution is 2.34. The Kier molecular flexibility index (Phi) is 5.71. The number of hydrogen-bond acceptors (Lipinski definition) is 3. The minimum atomic E-state index is -0.0280. The quantitative estimate of drug-likeness (QED) is 0.803. The molecule has 1 saturated carbocycles. The molecule has 4 nitrogen and oxygen atoms in total. The van der Waals surface area contributed by atoms with Gasteiger partial charge in [-0.3, -0.25) is 4.79 Å². The molecule has 25 heavy (non-hydrogen) atoms. The highest BCUT2D eigenvalue weighted by atomic mass is 16.5. The zero-order valence-electron chi connectivity index (χ0n) is 14.9. The van der Waals surface area contributed by atoms with Crippen LogP contribution in [0.3, 0.4) is 0 Å². The minimum absolute atomic E-state index is 0.0280. The molecule has 0 heterocycles. The third-order valence-electron chi connectivity index (χ3n) is 4.70. The summed E-state index contributed by atoms with van der Waals surface area (Å²) in [5, 5.41) is 3.10. The van der Waals surface area contributed by atoms with Crippen molar-refractivity contribution in [2.75, 3.05) is 20.6 Å². The van der Waals surface area contributed by atoms with Gasteiger partial charge in [-0.2, -0.15) is 0 Å². The molecular weight excluding hydrogens is 312 g/mol. The average molecular weight is 338 g/mol. The van der Waals surface area contributed by atoms with Crippen LogP contribution >= 0.6 is 0 Å². The second-order valence-corrected chi connectivity index (χ2v) is 6.84. The predicted molar refractivity (Wildman–Crippen MR) is 99.7 cm³/mol. The van der Waals surface area contributed by atoms with Crippen molar-refractivity contribution < 1.29 is 9.53 Å². The van der Waals surface area contributed by atoms with Crippen molar-refractivity contribution >= 4 is 5.91 Å². The van der Waals surface area contributed by atoms with E-state index in [1.165, 1.54) is 12.8 Å². The summed E-state index contributed by atoms with van der Waals surface area (Å²) in [6.45, 7) is 1.07. The SMILES string of the molecule is CN(C)[C@@H](CNC(=O)c1ccccc1COc1ccccc1)C1CC1. The molecule has 3 rings (SSSR count). The van der Waals surface area contributed by atoms with Gasteiger partial charge in [0.15, 0.2) is 0 Å². The van der Waals surface area contributed by atoms with Crippen LogP contribution in [0.1, 0.15) is 28.8 Å². The van der Waals surface area contributed by atoms with E-state index in [9.17, 15) is 4.79 Å². The number of benzene rings is 2. The molecule has 1 atom stereocenters. The Morgan fingerprint density at radius 3 is 2.48 bits per heavy atom. The van der Waals surface area contributed by atoms with Gasteiger partial charge in [-0.15, -0.1) is 0 Å². The smallest absolute Gasteiger partial charge is 0.251 e. The number of carbonyl (C=O) groups is 1. The molecule has 1 amide bonds. The van der Waals surface area contributed by atoms with E-state index < -0.39 is 0 Å². The fourth-order valence-electron chi connectivity index (χ4n) is 3.09. The van der Waals surface area contributed by atoms with Gasteiger partial charge in [0, 0.05) is 23.7 Å². The van der Waals surface area contributed by atoms with E-state index in [2.05, 4.69) is 24.3 Å². The van der Waals surface area contributed by atoms with Gasteiger partial charge in [0.1, 0.15) is 12.4 Å². The molecule has 0 spiro atoms. The van der Waals surface area contributed by atoms with Crippen LogP contribution in [0.15, 0.2) is 54.6 Å². The largest absolute Gasteiger partial charge is 0.489 e. The maximum atomic E-state index is 12.7. The first-order chi connectivity index (χ1) is 12.1. The summed E-state index contributed by atoms with van der Waals surface area (Å²) in [5.74, 6) is 1.49. The van der Waals surface area contributed by atoms with E-state index in [0.29, 0.717) is 30.7 Å². The molecule has 4 heteroatoms. The summed E-state index contributed by atoms with van der Waals surface area (Å²) in [6, 6.07) is 17.7. The molecular formula is C21H26N2O2. The Bertz CT molecular complexity index is 694. The van der Waals surface area contributed by atoms with Crippen LogP contribution < -0.4 is 10.1 Å². The summed E-state index contributed by atoms with van der Waals surface area (Å²) < 4.78 is 5.81. The summed E-state index contributed by atoms with van der Waals surface area (Å²) in [7, 11) is 4.16. The molecule has 1 fully saturated rings. The molecule has 0 unspecified atom stereocenters. The number of para-hydroxylation sites is 1. The molecule has 1 aliphatic carbocycles. The molecule has 0 aromatic heterocycles. The Morgan fingerprint density at radius 1 is 1.12 bits per heavy atom. The third kappa shape index (κ3) is 4.83. The number of rotatable bonds is 8. The lowest BCUT2D eigenvalue weighted by atomic mass is 10.1. The lowest BCUT2D eigenvalue weighted by molar-refractivity contribution is 0.0936. The predicted octanol–water partition coefficient (Wildman–Crippen LogP) is 3.34. The van der Waals surface area contributed by atoms with Gasteiger partial charge in [0.05, 0.1) is 0 Å². The van der Waals surface area contributed by atoms with Crippen LogP contribution in [0, 0.1) is 5.92 Å². The van der Waals surface area contributed by atoms with Gasteiger partial charge in [-0.25, -0.2) is 0 Å². The first kappa shape index (κ1) is 17.5. The minimum Gasteiger partial charge on any atom is -0.489 e. The standard InChI is InChI=1S/C21H26N2O2/c1-23(2)20(16-12-13-16)14-22-21(24)19-11-7-6-8-17(19)15-25-18-9-4-3-5-10-18/h3-11,16,20H,12-15H2,1-2H3,(H,22,24)/t20-/m0/s1. The van der Waals surface area contributed by atoms with Crippen LogP contribution in [0.2, 0.25) is 0 Å². The lowest BCUT2D eigenvalue weighted by Gasteiger charge is -2.24. The van der Waals surface area contributed by atoms with E-state index in [-0.39, 0.29) is 5.91 Å². The van der Waals surface area contributed by atoms with Gasteiger partial charge < -0.3 is 15.0 Å². The fraction of sp³-hybridized carbons (Fsp3) is 0.381. The monoisotopic (exact) mass is 338 g/mol. The van der Waals surface area contributed by atoms with Crippen LogP contribution in [-0.4, -0.2) is 37.5 Å². The van der Waals surface area contributed by atoms with Crippen molar-refractivity contribution in [1.29, 1.82) is 0 Å². The number of nitrogens with zero attached hydrogens (tertiary/aromatic N) is 1. The van der Waals surface area contributed by atoms with Crippen molar-refractivity contribution in [2.24, 2.45) is 5.92 Å². The van der Waals surface area contributed by atoms with Crippen molar-refractivity contribution in [3.8, 4) is 5.75 Å². The van der Waals surface area contributed by atoms with Crippen LogP contribution in [0.25, 0.3) is 0 Å². The first-order valence-electron chi connectivity index (χ1n) is 8.85. The van der Waals surface area contributed by atoms with Crippen molar-refractivity contribution in [3.63, 3.8) is 0 Å². The van der Waals surface area contributed by atoms with E-state index in [1.807, 2.05) is 54.6 Å². The Balaban J connectivity index is 1.62. The van der Waals surface area contributed by atoms with Crippen LogP contribution in [-0.2, 0) is 6.61 Å². The lowest BCUT2D eigenvalue weighted by Crippen LogP contribution is -2.41. The highest BCUT2D eigenvalue weighted by Gasteiger charge is 2.32. The summed E-state index contributed by atoms with van der Waals surface area (Å²) in [4.78, 5) is 14.9. The maximum Gasteiger partial charge on any atom is 0.251 e. The fourth-order valence-corrected chi connectivity index (χ4v) is 3.09. The number of nitrogens with one attached hydrogen (secondary N) is 1. The Hall–Kier alpha value is -2.33. The molecule has 0 bridgehead atoms. The van der Waals surface area contributed by atoms with Gasteiger partial charge in [0.25, 0.3) is 5.91 Å². The summed E-state index contributed by atoms with van der Waals surface area (Å²) in [5.41, 5.74) is 1.59. The van der Waals surface area contributed by atoms with E-state index in [0.717, 1.165) is 11.3 Å². The number of carbonyl (C=O) groups excluding carboxylic acids is 1. The van der Waals surface area contributed by atoms with Gasteiger partial charge >= 0.3 is 0 Å². The zero-order chi connectivity index (χ0) is 17.6. The van der Waals surface area contributed by atoms with Crippen molar-refractivity contribution in [1.82, 2.24) is 10.2 Å². The molecule has 0 aliphatic heterocycles. The van der Waals surface area contributed by atoms with Crippen molar-refractivity contribution in [3.05, 3.63) is 65.7 Å². The van der Waals surface area contributed by atoms with E-state index >= 15 is 0 Å². The van der Waals surface area contributed by atoms with Gasteiger partial charge in [-0.1, -0.05) is 36.4 Å². The summed E-state index contributed by atoms with van der Waals surface area (Å²) >= 11 is 0. The van der Waals surface area contributed by atoms with Crippen LogP contribution in [0.5, 0.6) is 5.75 Å². The molecule has 2 aromatic rings. The van der Waals surface area contributed by atoms with Gasteiger partial charge in [0.2, 0.25) is 0 Å². The Labute approximate surface area is 149 Å². The topological polar surface area (TPSA) is 41.6 Å². The normalized spacial score (nSPS) is 15.0.